The molecule has 3 aromatic rings. The molecule has 9 heteroatoms. The molecule has 0 saturated heterocycles. The lowest BCUT2D eigenvalue weighted by Gasteiger charge is -2.15. The maximum absolute atomic E-state index is 12.4. The zero-order valence-corrected chi connectivity index (χ0v) is 19.9. The number of benzene rings is 2. The summed E-state index contributed by atoms with van der Waals surface area (Å²) in [5.74, 6) is 0.181. The summed E-state index contributed by atoms with van der Waals surface area (Å²) in [6, 6.07) is 11.9. The predicted molar refractivity (Wildman–Crippen MR) is 131 cm³/mol. The smallest absolute Gasteiger partial charge is 0.234 e. The van der Waals surface area contributed by atoms with Gasteiger partial charge in [-0.3, -0.25) is 9.59 Å². The van der Waals surface area contributed by atoms with Crippen LogP contribution in [-0.4, -0.2) is 34.3 Å². The topological polar surface area (TPSA) is 87.2 Å². The largest absolute Gasteiger partial charge is 0.330 e. The minimum Gasteiger partial charge on any atom is -0.330 e. The molecule has 0 radical (unpaired) electrons. The van der Waals surface area contributed by atoms with E-state index in [-0.39, 0.29) is 17.6 Å². The highest BCUT2D eigenvalue weighted by Crippen LogP contribution is 2.32. The van der Waals surface area contributed by atoms with Gasteiger partial charge in [0.1, 0.15) is 0 Å². The third-order valence-corrected chi connectivity index (χ3v) is 7.32. The SMILES string of the molecule is CCc1cccc(C)c1Nc1nnc(SCC(=O)Nc2ccc3c(c2)CCN3C(C)=O)s1. The quantitative estimate of drug-likeness (QED) is 0.486. The van der Waals surface area contributed by atoms with Crippen molar-refractivity contribution in [3.63, 3.8) is 0 Å². The van der Waals surface area contributed by atoms with Crippen molar-refractivity contribution in [2.24, 2.45) is 0 Å². The first-order valence-electron chi connectivity index (χ1n) is 10.5. The summed E-state index contributed by atoms with van der Waals surface area (Å²) in [5, 5.41) is 15.4. The van der Waals surface area contributed by atoms with Crippen molar-refractivity contribution in [2.45, 2.75) is 38.0 Å². The van der Waals surface area contributed by atoms with Crippen molar-refractivity contribution < 1.29 is 9.59 Å². The van der Waals surface area contributed by atoms with E-state index in [0.29, 0.717) is 11.7 Å². The molecule has 0 aliphatic carbocycles. The maximum Gasteiger partial charge on any atom is 0.234 e. The molecule has 166 valence electrons. The summed E-state index contributed by atoms with van der Waals surface area (Å²) in [4.78, 5) is 25.9. The Morgan fingerprint density at radius 3 is 2.84 bits per heavy atom. The van der Waals surface area contributed by atoms with Crippen LogP contribution in [0.2, 0.25) is 0 Å². The number of hydrogen-bond donors (Lipinski definition) is 2. The summed E-state index contributed by atoms with van der Waals surface area (Å²) in [7, 11) is 0. The minimum atomic E-state index is -0.103. The van der Waals surface area contributed by atoms with E-state index >= 15 is 0 Å². The molecule has 4 rings (SSSR count). The summed E-state index contributed by atoms with van der Waals surface area (Å²) in [6.07, 6.45) is 1.73. The number of hydrogen-bond acceptors (Lipinski definition) is 7. The normalized spacial score (nSPS) is 12.5. The molecule has 0 spiro atoms. The van der Waals surface area contributed by atoms with Crippen LogP contribution in [0.25, 0.3) is 0 Å². The number of carbonyl (C=O) groups excluding carboxylic acids is 2. The number of anilines is 4. The Labute approximate surface area is 195 Å². The lowest BCUT2D eigenvalue weighted by atomic mass is 10.1. The van der Waals surface area contributed by atoms with Crippen LogP contribution in [0.1, 0.15) is 30.5 Å². The Morgan fingerprint density at radius 1 is 1.22 bits per heavy atom. The van der Waals surface area contributed by atoms with Crippen molar-refractivity contribution in [2.75, 3.05) is 27.8 Å². The van der Waals surface area contributed by atoms with Gasteiger partial charge < -0.3 is 15.5 Å². The van der Waals surface area contributed by atoms with Crippen molar-refractivity contribution >= 4 is 57.1 Å². The molecule has 32 heavy (non-hydrogen) atoms. The first-order chi connectivity index (χ1) is 15.4. The summed E-state index contributed by atoms with van der Waals surface area (Å²) in [6.45, 7) is 6.45. The molecule has 0 atom stereocenters. The molecule has 1 aliphatic heterocycles. The number of fused-ring (bicyclic) bond motifs is 1. The fraction of sp³-hybridized carbons (Fsp3) is 0.304. The molecule has 1 aromatic heterocycles. The molecule has 7 nitrogen and oxygen atoms in total. The zero-order chi connectivity index (χ0) is 22.7. The van der Waals surface area contributed by atoms with E-state index in [1.54, 1.807) is 11.8 Å². The lowest BCUT2D eigenvalue weighted by molar-refractivity contribution is -0.116. The predicted octanol–water partition coefficient (Wildman–Crippen LogP) is 4.79. The Morgan fingerprint density at radius 2 is 2.06 bits per heavy atom. The molecule has 2 amide bonds. The minimum absolute atomic E-state index is 0.0381. The van der Waals surface area contributed by atoms with E-state index in [9.17, 15) is 9.59 Å². The summed E-state index contributed by atoms with van der Waals surface area (Å²) in [5.41, 5.74) is 6.21. The van der Waals surface area contributed by atoms with Gasteiger partial charge in [0.05, 0.1) is 5.75 Å². The number of aromatic nitrogens is 2. The molecule has 0 saturated carbocycles. The molecule has 0 fully saturated rings. The van der Waals surface area contributed by atoms with Gasteiger partial charge >= 0.3 is 0 Å². The molecule has 1 aliphatic rings. The second-order valence-electron chi connectivity index (χ2n) is 7.56. The van der Waals surface area contributed by atoms with Crippen LogP contribution in [0, 0.1) is 6.92 Å². The fourth-order valence-electron chi connectivity index (χ4n) is 3.76. The maximum atomic E-state index is 12.4. The number of nitrogens with zero attached hydrogens (tertiary/aromatic N) is 3. The highest BCUT2D eigenvalue weighted by atomic mass is 32.2. The van der Waals surface area contributed by atoms with E-state index in [1.807, 2.05) is 18.2 Å². The first-order valence-corrected chi connectivity index (χ1v) is 12.3. The lowest BCUT2D eigenvalue weighted by Crippen LogP contribution is -2.25. The summed E-state index contributed by atoms with van der Waals surface area (Å²) < 4.78 is 0.736. The van der Waals surface area contributed by atoms with Crippen LogP contribution in [0.4, 0.5) is 22.2 Å². The van der Waals surface area contributed by atoms with Gasteiger partial charge in [-0.15, -0.1) is 10.2 Å². The molecule has 2 N–H and O–H groups in total. The van der Waals surface area contributed by atoms with Gasteiger partial charge in [-0.05, 0) is 54.7 Å². The molecule has 0 bridgehead atoms. The number of carbonyl (C=O) groups is 2. The van der Waals surface area contributed by atoms with Gasteiger partial charge in [0.25, 0.3) is 0 Å². The van der Waals surface area contributed by atoms with E-state index in [4.69, 9.17) is 0 Å². The van der Waals surface area contributed by atoms with Crippen LogP contribution in [0.15, 0.2) is 40.7 Å². The van der Waals surface area contributed by atoms with E-state index in [1.165, 1.54) is 28.7 Å². The molecule has 2 aromatic carbocycles. The fourth-order valence-corrected chi connectivity index (χ4v) is 5.31. The summed E-state index contributed by atoms with van der Waals surface area (Å²) >= 11 is 2.80. The Bertz CT molecular complexity index is 1160. The molecule has 2 heterocycles. The Balaban J connectivity index is 1.33. The van der Waals surface area contributed by atoms with E-state index in [0.717, 1.165) is 45.4 Å². The van der Waals surface area contributed by atoms with E-state index < -0.39 is 0 Å². The molecule has 0 unspecified atom stereocenters. The standard InChI is InChI=1S/C23H25N5O2S2/c1-4-16-7-5-6-14(2)21(16)25-22-26-27-23(32-22)31-13-20(30)24-18-8-9-19-17(12-18)10-11-28(19)15(3)29/h5-9,12H,4,10-11,13H2,1-3H3,(H,24,30)(H,25,26). The number of thioether (sulfide) groups is 1. The number of aryl methyl sites for hydroxylation is 2. The first kappa shape index (κ1) is 22.3. The third kappa shape index (κ3) is 4.94. The second-order valence-corrected chi connectivity index (χ2v) is 9.76. The van der Waals surface area contributed by atoms with Crippen LogP contribution >= 0.6 is 23.1 Å². The van der Waals surface area contributed by atoms with Crippen molar-refractivity contribution in [3.8, 4) is 0 Å². The van der Waals surface area contributed by atoms with Gasteiger partial charge in [0, 0.05) is 30.5 Å². The van der Waals surface area contributed by atoms with Gasteiger partial charge in [-0.2, -0.15) is 0 Å². The highest BCUT2D eigenvalue weighted by Gasteiger charge is 2.22. The van der Waals surface area contributed by atoms with Gasteiger partial charge in [0.15, 0.2) is 4.34 Å². The Kier molecular flexibility index (Phi) is 6.76. The van der Waals surface area contributed by atoms with Crippen LogP contribution in [-0.2, 0) is 22.4 Å². The number of amides is 2. The average molecular weight is 468 g/mol. The monoisotopic (exact) mass is 467 g/mol. The molecular weight excluding hydrogens is 442 g/mol. The van der Waals surface area contributed by atoms with Gasteiger partial charge in [-0.1, -0.05) is 48.2 Å². The third-order valence-electron chi connectivity index (χ3n) is 5.34. The van der Waals surface area contributed by atoms with Gasteiger partial charge in [-0.25, -0.2) is 0 Å². The van der Waals surface area contributed by atoms with Gasteiger partial charge in [0.2, 0.25) is 16.9 Å². The van der Waals surface area contributed by atoms with Crippen molar-refractivity contribution in [1.82, 2.24) is 10.2 Å². The second kappa shape index (κ2) is 9.70. The zero-order valence-electron chi connectivity index (χ0n) is 18.3. The highest BCUT2D eigenvalue weighted by molar-refractivity contribution is 8.01. The average Bonchev–Trinajstić information content (AvgIpc) is 3.40. The Hall–Kier alpha value is -2.91. The van der Waals surface area contributed by atoms with Crippen molar-refractivity contribution in [1.29, 1.82) is 0 Å². The molecular formula is C23H25N5O2S2. The van der Waals surface area contributed by atoms with Crippen molar-refractivity contribution in [3.05, 3.63) is 53.1 Å². The van der Waals surface area contributed by atoms with Crippen LogP contribution < -0.4 is 15.5 Å². The number of para-hydroxylation sites is 1. The number of rotatable bonds is 7. The van der Waals surface area contributed by atoms with E-state index in [2.05, 4.69) is 52.9 Å². The van der Waals surface area contributed by atoms with Crippen LogP contribution in [0.5, 0.6) is 0 Å². The van der Waals surface area contributed by atoms with Crippen LogP contribution in [0.3, 0.4) is 0 Å². The number of nitrogens with one attached hydrogen (secondary N) is 2.